The van der Waals surface area contributed by atoms with Gasteiger partial charge in [0.25, 0.3) is 0 Å². The van der Waals surface area contributed by atoms with Crippen molar-refractivity contribution in [1.82, 2.24) is 4.90 Å². The van der Waals surface area contributed by atoms with Crippen LogP contribution in [0, 0.1) is 0 Å². The van der Waals surface area contributed by atoms with E-state index in [1.54, 1.807) is 0 Å². The number of hydrogen-bond donors (Lipinski definition) is 0. The van der Waals surface area contributed by atoms with Crippen LogP contribution in [-0.4, -0.2) is 94.5 Å². The predicted octanol–water partition coefficient (Wildman–Crippen LogP) is 6.75. The molecule has 0 saturated heterocycles. The van der Waals surface area contributed by atoms with E-state index < -0.39 is 17.1 Å². The van der Waals surface area contributed by atoms with Gasteiger partial charge >= 0.3 is 17.1 Å². The Morgan fingerprint density at radius 1 is 0.459 bits per heavy atom. The minimum absolute atomic E-state index is 0.754. The molecule has 0 aliphatic heterocycles. The fourth-order valence-corrected chi connectivity index (χ4v) is 9.59. The summed E-state index contributed by atoms with van der Waals surface area (Å²) in [5.41, 5.74) is 0. The normalized spacial score (nSPS) is 12.6. The lowest BCUT2D eigenvalue weighted by Crippen LogP contribution is -2.38. The van der Waals surface area contributed by atoms with Crippen molar-refractivity contribution in [2.75, 3.05) is 72.5 Å². The van der Waals surface area contributed by atoms with Crippen LogP contribution in [0.3, 0.4) is 0 Å². The second-order valence-electron chi connectivity index (χ2n) is 9.99. The zero-order valence-corrected chi connectivity index (χ0v) is 27.7. The smallest absolute Gasteiger partial charge is 0.334 e. The summed E-state index contributed by atoms with van der Waals surface area (Å²) in [6.07, 6.45) is 9.54. The number of hydrogen-bond acceptors (Lipinski definition) is 7. The lowest BCUT2D eigenvalue weighted by Gasteiger charge is -2.25. The van der Waals surface area contributed by atoms with Gasteiger partial charge in [0.1, 0.15) is 0 Å². The molecule has 9 heteroatoms. The van der Waals surface area contributed by atoms with Gasteiger partial charge in [-0.3, -0.25) is 4.90 Å². The van der Waals surface area contributed by atoms with Crippen molar-refractivity contribution < 1.29 is 27.2 Å². The monoisotopic (exact) mass is 565 g/mol. The highest BCUT2D eigenvalue weighted by atomic mass is 28.4. The van der Waals surface area contributed by atoms with E-state index in [1.807, 2.05) is 0 Å². The fraction of sp³-hybridized carbons (Fsp3) is 1.00. The molecule has 0 unspecified atom stereocenters. The summed E-state index contributed by atoms with van der Waals surface area (Å²) in [4.78, 5) is 2.42. The third kappa shape index (κ3) is 21.6. The average Bonchev–Trinajstić information content (AvgIpc) is 2.86. The van der Waals surface area contributed by atoms with E-state index in [-0.39, 0.29) is 0 Å². The maximum atomic E-state index is 5.92. The lowest BCUT2D eigenvalue weighted by molar-refractivity contribution is 0.0741. The van der Waals surface area contributed by atoms with Gasteiger partial charge in [0.05, 0.1) is 13.2 Å². The SMILES string of the molecule is CCO[Si](C)(CCCCCCOCCN(CC)CCOCCCCCC[Si](C)(OCC)OCC)OCC. The molecule has 0 saturated carbocycles. The van der Waals surface area contributed by atoms with Crippen molar-refractivity contribution in [1.29, 1.82) is 0 Å². The molecule has 0 amide bonds. The molecule has 0 heterocycles. The minimum atomic E-state index is -1.94. The molecule has 0 aromatic rings. The topological polar surface area (TPSA) is 58.6 Å². The number of unbranched alkanes of at least 4 members (excludes halogenated alkanes) is 6. The highest BCUT2D eigenvalue weighted by Crippen LogP contribution is 2.19. The van der Waals surface area contributed by atoms with E-state index in [9.17, 15) is 0 Å². The van der Waals surface area contributed by atoms with Gasteiger partial charge < -0.3 is 27.2 Å². The first kappa shape index (κ1) is 37.2. The average molecular weight is 566 g/mol. The minimum Gasteiger partial charge on any atom is -0.395 e. The van der Waals surface area contributed by atoms with Crippen molar-refractivity contribution >= 4 is 17.1 Å². The molecule has 0 aliphatic rings. The first-order chi connectivity index (χ1) is 17.9. The summed E-state index contributed by atoms with van der Waals surface area (Å²) in [7, 11) is -3.88. The van der Waals surface area contributed by atoms with Gasteiger partial charge in [0.15, 0.2) is 0 Å². The molecule has 0 spiro atoms. The Hall–Kier alpha value is 0.154. The van der Waals surface area contributed by atoms with E-state index >= 15 is 0 Å². The van der Waals surface area contributed by atoms with Gasteiger partial charge in [-0.25, -0.2) is 0 Å². The first-order valence-electron chi connectivity index (χ1n) is 15.3. The highest BCUT2D eigenvalue weighted by Gasteiger charge is 2.30. The zero-order chi connectivity index (χ0) is 27.7. The molecular formula is C28H63NO6Si2. The maximum absolute atomic E-state index is 5.92. The van der Waals surface area contributed by atoms with Crippen LogP contribution in [0.5, 0.6) is 0 Å². The predicted molar refractivity (Wildman–Crippen MR) is 160 cm³/mol. The standard InChI is InChI=1S/C28H63NO6Si2/c1-8-29(21-25-30-23-17-13-15-19-27-36(6,32-9-2)33-10-3)22-26-31-24-18-14-16-20-28-37(7,34-11-4)35-12-5/h8-28H2,1-7H3. The van der Waals surface area contributed by atoms with Crippen LogP contribution in [0.2, 0.25) is 25.2 Å². The first-order valence-corrected chi connectivity index (χ1v) is 20.4. The lowest BCUT2D eigenvalue weighted by atomic mass is 10.2. The number of rotatable bonds is 29. The molecule has 0 rings (SSSR count). The van der Waals surface area contributed by atoms with Crippen LogP contribution in [0.1, 0.15) is 86.0 Å². The van der Waals surface area contributed by atoms with Gasteiger partial charge in [0.2, 0.25) is 0 Å². The van der Waals surface area contributed by atoms with E-state index in [4.69, 9.17) is 27.2 Å². The molecule has 0 atom stereocenters. The molecular weight excluding hydrogens is 502 g/mol. The molecule has 224 valence electrons. The van der Waals surface area contributed by atoms with Crippen LogP contribution in [0.25, 0.3) is 0 Å². The second kappa shape index (κ2) is 25.1. The summed E-state index contributed by atoms with van der Waals surface area (Å²) in [6, 6.07) is 2.18. The molecule has 37 heavy (non-hydrogen) atoms. The number of likely N-dealkylation sites (N-methyl/N-ethyl adjacent to an activating group) is 1. The molecule has 0 N–H and O–H groups in total. The van der Waals surface area contributed by atoms with E-state index in [0.29, 0.717) is 0 Å². The third-order valence-electron chi connectivity index (χ3n) is 6.69. The highest BCUT2D eigenvalue weighted by molar-refractivity contribution is 6.66. The summed E-state index contributed by atoms with van der Waals surface area (Å²) in [6.45, 7) is 24.2. The van der Waals surface area contributed by atoms with Crippen molar-refractivity contribution in [2.24, 2.45) is 0 Å². The van der Waals surface area contributed by atoms with Crippen molar-refractivity contribution in [3.63, 3.8) is 0 Å². The molecule has 7 nitrogen and oxygen atoms in total. The van der Waals surface area contributed by atoms with Gasteiger partial charge in [-0.2, -0.15) is 0 Å². The van der Waals surface area contributed by atoms with Crippen LogP contribution in [-0.2, 0) is 27.2 Å². The Morgan fingerprint density at radius 2 is 0.811 bits per heavy atom. The van der Waals surface area contributed by atoms with Crippen LogP contribution < -0.4 is 0 Å². The summed E-state index contributed by atoms with van der Waals surface area (Å²) in [5, 5.41) is 0. The zero-order valence-electron chi connectivity index (χ0n) is 25.7. The fourth-order valence-electron chi connectivity index (χ4n) is 4.62. The van der Waals surface area contributed by atoms with Gasteiger partial charge in [-0.15, -0.1) is 0 Å². The van der Waals surface area contributed by atoms with Gasteiger partial charge in [0, 0.05) is 52.7 Å². The molecule has 0 aromatic carbocycles. The second-order valence-corrected chi connectivity index (χ2v) is 16.7. The van der Waals surface area contributed by atoms with Crippen molar-refractivity contribution in [2.45, 2.75) is 111 Å². The van der Waals surface area contributed by atoms with E-state index in [0.717, 1.165) is 97.4 Å². The number of ether oxygens (including phenoxy) is 2. The molecule has 0 aliphatic carbocycles. The molecule has 0 fully saturated rings. The largest absolute Gasteiger partial charge is 0.395 e. The molecule has 0 aromatic heterocycles. The van der Waals surface area contributed by atoms with Crippen LogP contribution in [0.4, 0.5) is 0 Å². The van der Waals surface area contributed by atoms with Crippen LogP contribution in [0.15, 0.2) is 0 Å². The Morgan fingerprint density at radius 3 is 1.14 bits per heavy atom. The maximum Gasteiger partial charge on any atom is 0.334 e. The third-order valence-corrected chi connectivity index (χ3v) is 12.8. The number of nitrogens with zero attached hydrogens (tertiary/aromatic N) is 1. The van der Waals surface area contributed by atoms with E-state index in [2.05, 4.69) is 52.6 Å². The van der Waals surface area contributed by atoms with Gasteiger partial charge in [-0.1, -0.05) is 45.4 Å². The summed E-state index contributed by atoms with van der Waals surface area (Å²) >= 11 is 0. The van der Waals surface area contributed by atoms with E-state index in [1.165, 1.54) is 38.5 Å². The van der Waals surface area contributed by atoms with Crippen LogP contribution >= 0.6 is 0 Å². The Kier molecular flexibility index (Phi) is 25.2. The van der Waals surface area contributed by atoms with Crippen molar-refractivity contribution in [3.8, 4) is 0 Å². The quantitative estimate of drug-likeness (QED) is 0.0734. The summed E-state index contributed by atoms with van der Waals surface area (Å²) < 4.78 is 35.5. The molecule has 0 radical (unpaired) electrons. The van der Waals surface area contributed by atoms with Crippen molar-refractivity contribution in [3.05, 3.63) is 0 Å². The summed E-state index contributed by atoms with van der Waals surface area (Å²) in [5.74, 6) is 0. The Bertz CT molecular complexity index is 438. The Balaban J connectivity index is 3.63. The van der Waals surface area contributed by atoms with Gasteiger partial charge in [-0.05, 0) is 72.3 Å². The molecule has 0 bridgehead atoms. The Labute approximate surface area is 232 Å².